The van der Waals surface area contributed by atoms with Gasteiger partial charge in [0.05, 0.1) is 13.7 Å². The van der Waals surface area contributed by atoms with Gasteiger partial charge in [-0.1, -0.05) is 11.2 Å². The van der Waals surface area contributed by atoms with Crippen molar-refractivity contribution >= 4 is 5.91 Å². The lowest BCUT2D eigenvalue weighted by atomic mass is 10.1. The van der Waals surface area contributed by atoms with Crippen molar-refractivity contribution in [2.75, 3.05) is 13.7 Å². The topological polar surface area (TPSA) is 68.5 Å². The largest absolute Gasteiger partial charge is 0.496 e. The van der Waals surface area contributed by atoms with Crippen LogP contribution in [0.25, 0.3) is 0 Å². The van der Waals surface area contributed by atoms with Crippen molar-refractivity contribution in [1.29, 1.82) is 0 Å². The number of aryl methyl sites for hydroxylation is 1. The van der Waals surface area contributed by atoms with E-state index in [0.717, 1.165) is 0 Å². The molecular weight excluding hydrogens is 277 g/mol. The number of methoxy groups -OCH3 is 1. The maximum Gasteiger partial charge on any atom is 0.261 e. The second-order valence-corrected chi connectivity index (χ2v) is 4.37. The first-order valence-electron chi connectivity index (χ1n) is 6.47. The molecule has 0 atom stereocenters. The van der Waals surface area contributed by atoms with Gasteiger partial charge in [0.25, 0.3) is 5.91 Å². The minimum absolute atomic E-state index is 0.0953. The number of hydrogen-bond acceptors (Lipinski definition) is 5. The molecule has 0 aliphatic heterocycles. The SMILES string of the molecule is CCN(Cc1noc(C)n1)C(=O)c1c(F)cccc1OC. The van der Waals surface area contributed by atoms with Gasteiger partial charge in [0.15, 0.2) is 5.82 Å². The quantitative estimate of drug-likeness (QED) is 0.845. The molecule has 1 amide bonds. The van der Waals surface area contributed by atoms with Gasteiger partial charge in [0.1, 0.15) is 17.1 Å². The fraction of sp³-hybridized carbons (Fsp3) is 0.357. The Morgan fingerprint density at radius 2 is 2.24 bits per heavy atom. The van der Waals surface area contributed by atoms with E-state index >= 15 is 0 Å². The van der Waals surface area contributed by atoms with E-state index in [9.17, 15) is 9.18 Å². The lowest BCUT2D eigenvalue weighted by Crippen LogP contribution is -2.31. The van der Waals surface area contributed by atoms with E-state index in [4.69, 9.17) is 9.26 Å². The van der Waals surface area contributed by atoms with Crippen molar-refractivity contribution in [2.45, 2.75) is 20.4 Å². The molecule has 1 aromatic carbocycles. The second kappa shape index (κ2) is 6.34. The van der Waals surface area contributed by atoms with Gasteiger partial charge in [0, 0.05) is 13.5 Å². The Labute approximate surface area is 121 Å². The molecule has 1 heterocycles. The lowest BCUT2D eigenvalue weighted by Gasteiger charge is -2.20. The van der Waals surface area contributed by atoms with Crippen molar-refractivity contribution < 1.29 is 18.4 Å². The highest BCUT2D eigenvalue weighted by molar-refractivity contribution is 5.97. The van der Waals surface area contributed by atoms with Crippen LogP contribution in [0.1, 0.15) is 29.0 Å². The summed E-state index contributed by atoms with van der Waals surface area (Å²) in [5.74, 6) is -0.116. The van der Waals surface area contributed by atoms with Crippen LogP contribution in [0.4, 0.5) is 4.39 Å². The average molecular weight is 293 g/mol. The van der Waals surface area contributed by atoms with Gasteiger partial charge in [0.2, 0.25) is 5.89 Å². The van der Waals surface area contributed by atoms with Crippen molar-refractivity contribution in [3.8, 4) is 5.75 Å². The monoisotopic (exact) mass is 293 g/mol. The third-order valence-electron chi connectivity index (χ3n) is 2.98. The normalized spacial score (nSPS) is 10.5. The number of rotatable bonds is 5. The summed E-state index contributed by atoms with van der Waals surface area (Å²) in [5, 5.41) is 3.74. The summed E-state index contributed by atoms with van der Waals surface area (Å²) >= 11 is 0. The Balaban J connectivity index is 2.28. The number of ether oxygens (including phenoxy) is 1. The fourth-order valence-corrected chi connectivity index (χ4v) is 1.94. The molecule has 0 fully saturated rings. The number of amides is 1. The number of aromatic nitrogens is 2. The van der Waals surface area contributed by atoms with Gasteiger partial charge >= 0.3 is 0 Å². The van der Waals surface area contributed by atoms with Crippen molar-refractivity contribution in [1.82, 2.24) is 15.0 Å². The minimum atomic E-state index is -0.623. The molecular formula is C14H16FN3O3. The zero-order chi connectivity index (χ0) is 15.4. The summed E-state index contributed by atoms with van der Waals surface area (Å²) in [6.07, 6.45) is 0. The predicted molar refractivity (Wildman–Crippen MR) is 72.4 cm³/mol. The van der Waals surface area contributed by atoms with Gasteiger partial charge in [-0.2, -0.15) is 4.98 Å². The first kappa shape index (κ1) is 15.0. The van der Waals surface area contributed by atoms with Crippen LogP contribution in [-0.2, 0) is 6.54 Å². The van der Waals surface area contributed by atoms with Crippen LogP contribution in [0.5, 0.6) is 5.75 Å². The molecule has 0 N–H and O–H groups in total. The minimum Gasteiger partial charge on any atom is -0.496 e. The van der Waals surface area contributed by atoms with Crippen LogP contribution in [-0.4, -0.2) is 34.6 Å². The molecule has 0 saturated carbocycles. The third kappa shape index (κ3) is 3.18. The number of halogens is 1. The van der Waals surface area contributed by atoms with E-state index in [1.807, 2.05) is 0 Å². The van der Waals surface area contributed by atoms with E-state index in [1.54, 1.807) is 19.9 Å². The van der Waals surface area contributed by atoms with E-state index < -0.39 is 11.7 Å². The number of hydrogen-bond donors (Lipinski definition) is 0. The van der Waals surface area contributed by atoms with Gasteiger partial charge < -0.3 is 14.2 Å². The molecule has 0 unspecified atom stereocenters. The number of carbonyl (C=O) groups is 1. The maximum absolute atomic E-state index is 13.9. The summed E-state index contributed by atoms with van der Waals surface area (Å²) in [6, 6.07) is 4.26. The molecule has 7 heteroatoms. The van der Waals surface area contributed by atoms with E-state index in [-0.39, 0.29) is 17.9 Å². The molecule has 0 bridgehead atoms. The maximum atomic E-state index is 13.9. The van der Waals surface area contributed by atoms with Crippen LogP contribution in [0.15, 0.2) is 22.7 Å². The Morgan fingerprint density at radius 1 is 1.48 bits per heavy atom. The standard InChI is InChI=1S/C14H16FN3O3/c1-4-18(8-12-16-9(2)21-17-12)14(19)13-10(15)6-5-7-11(13)20-3/h5-7H,4,8H2,1-3H3. The summed E-state index contributed by atoms with van der Waals surface area (Å²) in [7, 11) is 1.39. The van der Waals surface area contributed by atoms with Crippen molar-refractivity contribution in [2.24, 2.45) is 0 Å². The zero-order valence-electron chi connectivity index (χ0n) is 12.1. The molecule has 112 valence electrons. The first-order chi connectivity index (χ1) is 10.1. The summed E-state index contributed by atoms with van der Waals surface area (Å²) in [6.45, 7) is 3.97. The van der Waals surface area contributed by atoms with Crippen LogP contribution in [0.2, 0.25) is 0 Å². The molecule has 0 aliphatic rings. The molecule has 0 saturated heterocycles. The zero-order valence-corrected chi connectivity index (χ0v) is 12.1. The second-order valence-electron chi connectivity index (χ2n) is 4.37. The van der Waals surface area contributed by atoms with Crippen molar-refractivity contribution in [3.05, 3.63) is 41.3 Å². The summed E-state index contributed by atoms with van der Waals surface area (Å²) in [5.41, 5.74) is -0.0953. The van der Waals surface area contributed by atoms with Gasteiger partial charge in [-0.15, -0.1) is 0 Å². The number of carbonyl (C=O) groups excluding carboxylic acids is 1. The number of nitrogens with zero attached hydrogens (tertiary/aromatic N) is 3. The highest BCUT2D eigenvalue weighted by atomic mass is 19.1. The molecule has 6 nitrogen and oxygen atoms in total. The molecule has 21 heavy (non-hydrogen) atoms. The van der Waals surface area contributed by atoms with E-state index in [1.165, 1.54) is 24.1 Å². The van der Waals surface area contributed by atoms with Crippen LogP contribution >= 0.6 is 0 Å². The Bertz CT molecular complexity index is 642. The molecule has 1 aromatic heterocycles. The summed E-state index contributed by atoms with van der Waals surface area (Å²) in [4.78, 5) is 18.0. The molecule has 2 rings (SSSR count). The third-order valence-corrected chi connectivity index (χ3v) is 2.98. The van der Waals surface area contributed by atoms with E-state index in [0.29, 0.717) is 18.3 Å². The van der Waals surface area contributed by atoms with Crippen LogP contribution in [0, 0.1) is 12.7 Å². The number of benzene rings is 1. The Hall–Kier alpha value is -2.44. The smallest absolute Gasteiger partial charge is 0.261 e. The molecule has 0 radical (unpaired) electrons. The van der Waals surface area contributed by atoms with E-state index in [2.05, 4.69) is 10.1 Å². The first-order valence-corrected chi connectivity index (χ1v) is 6.47. The molecule has 2 aromatic rings. The highest BCUT2D eigenvalue weighted by Crippen LogP contribution is 2.23. The molecule has 0 spiro atoms. The lowest BCUT2D eigenvalue weighted by molar-refractivity contribution is 0.0739. The van der Waals surface area contributed by atoms with Gasteiger partial charge in [-0.25, -0.2) is 4.39 Å². The highest BCUT2D eigenvalue weighted by Gasteiger charge is 2.23. The average Bonchev–Trinajstić information content (AvgIpc) is 2.89. The Kier molecular flexibility index (Phi) is 4.52. The predicted octanol–water partition coefficient (Wildman–Crippen LogP) is 2.19. The van der Waals surface area contributed by atoms with Gasteiger partial charge in [-0.05, 0) is 19.1 Å². The van der Waals surface area contributed by atoms with Crippen molar-refractivity contribution in [3.63, 3.8) is 0 Å². The Morgan fingerprint density at radius 3 is 2.81 bits per heavy atom. The van der Waals surface area contributed by atoms with Gasteiger partial charge in [-0.3, -0.25) is 4.79 Å². The van der Waals surface area contributed by atoms with Crippen LogP contribution in [0.3, 0.4) is 0 Å². The fourth-order valence-electron chi connectivity index (χ4n) is 1.94. The molecule has 0 aliphatic carbocycles. The summed E-state index contributed by atoms with van der Waals surface area (Å²) < 4.78 is 23.9. The van der Waals surface area contributed by atoms with Crippen LogP contribution < -0.4 is 4.74 Å².